The minimum atomic E-state index is -0.788. The van der Waals surface area contributed by atoms with Gasteiger partial charge in [-0.2, -0.15) is 0 Å². The third kappa shape index (κ3) is 60.9. The molecule has 0 radical (unpaired) electrons. The van der Waals surface area contributed by atoms with Gasteiger partial charge in [0.1, 0.15) is 13.2 Å². The Hall–Kier alpha value is -3.93. The van der Waals surface area contributed by atoms with E-state index >= 15 is 0 Å². The Morgan fingerprint density at radius 2 is 0.513 bits per heavy atom. The molecule has 0 aliphatic heterocycles. The van der Waals surface area contributed by atoms with Crippen molar-refractivity contribution in [3.8, 4) is 0 Å². The molecule has 1 unspecified atom stereocenters. The van der Waals surface area contributed by atoms with Gasteiger partial charge in [0.25, 0.3) is 0 Å². The summed E-state index contributed by atoms with van der Waals surface area (Å²) in [6.45, 7) is 6.39. The molecule has 0 heterocycles. The minimum Gasteiger partial charge on any atom is -0.462 e. The van der Waals surface area contributed by atoms with E-state index in [1.54, 1.807) is 0 Å². The third-order valence-corrected chi connectivity index (χ3v) is 13.5. The Kier molecular flexibility index (Phi) is 60.3. The maximum Gasteiger partial charge on any atom is 0.306 e. The SMILES string of the molecule is CC/C=C\C/C=C\C/C=C\C/C=C\C/C=C\CCCCCCCCCCCCCCCC(=O)OCC(COC(=O)CCCCCCC/C=C\CCCCC)OC(=O)CCCCCCCCC/C=C\C/C=C\C/C=C\CC. The lowest BCUT2D eigenvalue weighted by Gasteiger charge is -2.18. The van der Waals surface area contributed by atoms with E-state index in [0.29, 0.717) is 19.3 Å². The Balaban J connectivity index is 4.25. The quantitative estimate of drug-likeness (QED) is 0.0261. The van der Waals surface area contributed by atoms with Crippen LogP contribution in [0.1, 0.15) is 297 Å². The number of esters is 3. The lowest BCUT2D eigenvalue weighted by atomic mass is 10.0. The molecule has 0 bridgehead atoms. The molecule has 0 aromatic carbocycles. The smallest absolute Gasteiger partial charge is 0.306 e. The predicted molar refractivity (Wildman–Crippen MR) is 330 cm³/mol. The van der Waals surface area contributed by atoms with E-state index in [0.717, 1.165) is 122 Å². The summed E-state index contributed by atoms with van der Waals surface area (Å²) in [7, 11) is 0. The number of rotatable bonds is 57. The summed E-state index contributed by atoms with van der Waals surface area (Å²) in [6, 6.07) is 0. The average molecular weight is 1060 g/mol. The van der Waals surface area contributed by atoms with Crippen molar-refractivity contribution in [1.82, 2.24) is 0 Å². The molecule has 0 fully saturated rings. The fourth-order valence-electron chi connectivity index (χ4n) is 8.77. The number of ether oxygens (including phenoxy) is 3. The molecule has 0 saturated carbocycles. The highest BCUT2D eigenvalue weighted by Gasteiger charge is 2.19. The largest absolute Gasteiger partial charge is 0.462 e. The second kappa shape index (κ2) is 63.6. The van der Waals surface area contributed by atoms with Crippen LogP contribution in [0.3, 0.4) is 0 Å². The van der Waals surface area contributed by atoms with Crippen LogP contribution in [0.25, 0.3) is 0 Å². The van der Waals surface area contributed by atoms with Crippen molar-refractivity contribution in [3.63, 3.8) is 0 Å². The Morgan fingerprint density at radius 3 is 0.816 bits per heavy atom. The van der Waals surface area contributed by atoms with Gasteiger partial charge >= 0.3 is 17.9 Å². The van der Waals surface area contributed by atoms with Crippen molar-refractivity contribution in [1.29, 1.82) is 0 Å². The highest BCUT2D eigenvalue weighted by Crippen LogP contribution is 2.16. The summed E-state index contributed by atoms with van der Waals surface area (Å²) in [5, 5.41) is 0. The van der Waals surface area contributed by atoms with Crippen LogP contribution in [0.5, 0.6) is 0 Å². The zero-order chi connectivity index (χ0) is 55.0. The van der Waals surface area contributed by atoms with Crippen molar-refractivity contribution in [2.45, 2.75) is 303 Å². The van der Waals surface area contributed by atoms with E-state index in [1.807, 2.05) is 0 Å². The number of hydrogen-bond acceptors (Lipinski definition) is 6. The van der Waals surface area contributed by atoms with Crippen LogP contribution in [-0.2, 0) is 28.6 Å². The second-order valence-electron chi connectivity index (χ2n) is 20.9. The summed E-state index contributed by atoms with van der Waals surface area (Å²) >= 11 is 0. The lowest BCUT2D eigenvalue weighted by Crippen LogP contribution is -2.30. The first-order chi connectivity index (χ1) is 37.5. The first-order valence-electron chi connectivity index (χ1n) is 31.9. The standard InChI is InChI=1S/C70H118O6/c1-4-7-10-13-16-19-22-25-27-29-30-31-32-33-34-35-36-37-38-39-40-42-43-45-48-51-54-57-60-63-69(72)75-66-67(65-74-68(71)62-59-56-53-50-47-24-21-18-15-12-9-6-3)76-70(73)64-61-58-55-52-49-46-44-41-28-26-23-20-17-14-11-8-5-2/h7-8,10-11,16-21,25-28,30-31,33-34,67H,4-6,9,12-15,22-24,29,32,35-66H2,1-3H3/b10-7-,11-8-,19-16-,20-17-,21-18-,27-25-,28-26-,31-30-,34-33-. The number of hydrogen-bond donors (Lipinski definition) is 0. The Bertz CT molecular complexity index is 1540. The van der Waals surface area contributed by atoms with Crippen molar-refractivity contribution in [3.05, 3.63) is 109 Å². The van der Waals surface area contributed by atoms with Crippen LogP contribution in [0.15, 0.2) is 109 Å². The van der Waals surface area contributed by atoms with Gasteiger partial charge < -0.3 is 14.2 Å². The summed E-state index contributed by atoms with van der Waals surface area (Å²) in [6.07, 6.45) is 86.7. The van der Waals surface area contributed by atoms with Crippen LogP contribution < -0.4 is 0 Å². The van der Waals surface area contributed by atoms with E-state index in [-0.39, 0.29) is 31.1 Å². The molecule has 0 saturated heterocycles. The zero-order valence-corrected chi connectivity index (χ0v) is 49.7. The molecule has 0 aromatic rings. The van der Waals surface area contributed by atoms with Crippen molar-refractivity contribution in [2.75, 3.05) is 13.2 Å². The van der Waals surface area contributed by atoms with Gasteiger partial charge in [-0.25, -0.2) is 0 Å². The number of carbonyl (C=O) groups is 3. The molecule has 0 aromatic heterocycles. The molecule has 0 spiro atoms. The van der Waals surface area contributed by atoms with Gasteiger partial charge in [-0.15, -0.1) is 0 Å². The molecular weight excluding hydrogens is 937 g/mol. The van der Waals surface area contributed by atoms with Crippen LogP contribution in [0.2, 0.25) is 0 Å². The number of unbranched alkanes of at least 4 members (excludes halogenated alkanes) is 28. The Morgan fingerprint density at radius 1 is 0.276 bits per heavy atom. The highest BCUT2D eigenvalue weighted by atomic mass is 16.6. The lowest BCUT2D eigenvalue weighted by molar-refractivity contribution is -0.167. The zero-order valence-electron chi connectivity index (χ0n) is 49.7. The van der Waals surface area contributed by atoms with Crippen LogP contribution >= 0.6 is 0 Å². The maximum atomic E-state index is 12.9. The normalized spacial score (nSPS) is 12.8. The van der Waals surface area contributed by atoms with Crippen molar-refractivity contribution < 1.29 is 28.6 Å². The molecule has 0 N–H and O–H groups in total. The first-order valence-corrected chi connectivity index (χ1v) is 31.9. The first kappa shape index (κ1) is 72.1. The van der Waals surface area contributed by atoms with E-state index in [2.05, 4.69) is 130 Å². The van der Waals surface area contributed by atoms with Crippen molar-refractivity contribution in [2.24, 2.45) is 0 Å². The molecule has 76 heavy (non-hydrogen) atoms. The van der Waals surface area contributed by atoms with Gasteiger partial charge in [-0.05, 0) is 122 Å². The molecule has 434 valence electrons. The molecule has 0 amide bonds. The molecule has 6 heteroatoms. The minimum absolute atomic E-state index is 0.0848. The van der Waals surface area contributed by atoms with Gasteiger partial charge in [0, 0.05) is 19.3 Å². The average Bonchev–Trinajstić information content (AvgIpc) is 3.42. The van der Waals surface area contributed by atoms with Gasteiger partial charge in [-0.3, -0.25) is 14.4 Å². The predicted octanol–water partition coefficient (Wildman–Crippen LogP) is 21.8. The van der Waals surface area contributed by atoms with E-state index < -0.39 is 6.10 Å². The number of allylic oxidation sites excluding steroid dienone is 18. The number of carbonyl (C=O) groups excluding carboxylic acids is 3. The van der Waals surface area contributed by atoms with E-state index in [9.17, 15) is 14.4 Å². The van der Waals surface area contributed by atoms with E-state index in [1.165, 1.54) is 135 Å². The van der Waals surface area contributed by atoms with Gasteiger partial charge in [0.15, 0.2) is 6.10 Å². The molecule has 1 atom stereocenters. The second-order valence-corrected chi connectivity index (χ2v) is 20.9. The fourth-order valence-corrected chi connectivity index (χ4v) is 8.77. The van der Waals surface area contributed by atoms with Gasteiger partial charge in [-0.1, -0.05) is 265 Å². The van der Waals surface area contributed by atoms with Gasteiger partial charge in [0.05, 0.1) is 0 Å². The van der Waals surface area contributed by atoms with E-state index in [4.69, 9.17) is 14.2 Å². The summed E-state index contributed by atoms with van der Waals surface area (Å²) in [5.74, 6) is -0.899. The van der Waals surface area contributed by atoms with Crippen LogP contribution in [-0.4, -0.2) is 37.2 Å². The molecule has 6 nitrogen and oxygen atoms in total. The summed E-state index contributed by atoms with van der Waals surface area (Å²) in [5.41, 5.74) is 0. The molecule has 0 rings (SSSR count). The van der Waals surface area contributed by atoms with Gasteiger partial charge in [0.2, 0.25) is 0 Å². The Labute approximate surface area is 470 Å². The fraction of sp³-hybridized carbons (Fsp3) is 0.700. The monoisotopic (exact) mass is 1050 g/mol. The van der Waals surface area contributed by atoms with Crippen LogP contribution in [0.4, 0.5) is 0 Å². The summed E-state index contributed by atoms with van der Waals surface area (Å²) in [4.78, 5) is 38.3. The highest BCUT2D eigenvalue weighted by molar-refractivity contribution is 5.71. The molecular formula is C70H118O6. The molecule has 0 aliphatic rings. The topological polar surface area (TPSA) is 78.9 Å². The maximum absolute atomic E-state index is 12.9. The third-order valence-electron chi connectivity index (χ3n) is 13.5. The van der Waals surface area contributed by atoms with Crippen molar-refractivity contribution >= 4 is 17.9 Å². The summed E-state index contributed by atoms with van der Waals surface area (Å²) < 4.78 is 16.9. The van der Waals surface area contributed by atoms with Crippen LogP contribution in [0, 0.1) is 0 Å². The molecule has 0 aliphatic carbocycles.